The van der Waals surface area contributed by atoms with E-state index in [4.69, 9.17) is 0 Å². The maximum absolute atomic E-state index is 12.5. The van der Waals surface area contributed by atoms with E-state index < -0.39 is 15.6 Å². The number of hydrogen-bond acceptors (Lipinski definition) is 6. The molecule has 0 atom stereocenters. The Morgan fingerprint density at radius 3 is 2.17 bits per heavy atom. The van der Waals surface area contributed by atoms with Gasteiger partial charge in [-0.2, -0.15) is 4.31 Å². The Morgan fingerprint density at radius 1 is 1.17 bits per heavy atom. The molecule has 8 nitrogen and oxygen atoms in total. The predicted octanol–water partition coefficient (Wildman–Crippen LogP) is 0.185. The Kier molecular flexibility index (Phi) is 5.44. The molecule has 1 aromatic heterocycles. The van der Waals surface area contributed by atoms with Gasteiger partial charge in [0, 0.05) is 44.1 Å². The summed E-state index contributed by atoms with van der Waals surface area (Å²) < 4.78 is 25.2. The molecule has 1 aliphatic rings. The molecule has 0 spiro atoms. The number of sulfonamides is 1. The van der Waals surface area contributed by atoms with Crippen molar-refractivity contribution in [2.75, 3.05) is 43.9 Å². The topological polar surface area (TPSA) is 86.7 Å². The molecule has 0 saturated carbocycles. The first-order chi connectivity index (χ1) is 11.1. The van der Waals surface area contributed by atoms with E-state index in [-0.39, 0.29) is 12.5 Å². The number of carbonyl (C=O) groups excluding carboxylic acids is 1. The first-order valence-electron chi connectivity index (χ1n) is 7.86. The molecule has 0 aromatic carbocycles. The molecule has 2 rings (SSSR count). The smallest absolute Gasteiger partial charge is 0.238 e. The molecule has 0 unspecified atom stereocenters. The summed E-state index contributed by atoms with van der Waals surface area (Å²) in [6.45, 7) is 7.53. The van der Waals surface area contributed by atoms with Crippen LogP contribution in [0.4, 0.5) is 5.95 Å². The van der Waals surface area contributed by atoms with Gasteiger partial charge in [-0.3, -0.25) is 4.79 Å². The number of nitrogens with zero attached hydrogens (tertiary/aromatic N) is 5. The van der Waals surface area contributed by atoms with Gasteiger partial charge in [0.2, 0.25) is 21.9 Å². The van der Waals surface area contributed by atoms with Gasteiger partial charge in [0.15, 0.2) is 0 Å². The SMILES string of the molecule is CC(C)(C)N(CC(=O)N1CCN(c2ncccn2)CC1)S(C)(=O)=O. The second-order valence-electron chi connectivity index (χ2n) is 6.86. The Balaban J connectivity index is 1.97. The van der Waals surface area contributed by atoms with Crippen LogP contribution in [0.5, 0.6) is 0 Å². The van der Waals surface area contributed by atoms with Crippen molar-refractivity contribution < 1.29 is 13.2 Å². The van der Waals surface area contributed by atoms with Crippen molar-refractivity contribution in [3.05, 3.63) is 18.5 Å². The third kappa shape index (κ3) is 4.64. The molecule has 0 aliphatic carbocycles. The van der Waals surface area contributed by atoms with Crippen LogP contribution in [0.15, 0.2) is 18.5 Å². The van der Waals surface area contributed by atoms with Gasteiger partial charge in [0.1, 0.15) is 0 Å². The summed E-state index contributed by atoms with van der Waals surface area (Å²) in [6, 6.07) is 1.76. The predicted molar refractivity (Wildman–Crippen MR) is 92.1 cm³/mol. The Morgan fingerprint density at radius 2 is 1.71 bits per heavy atom. The minimum atomic E-state index is -3.45. The third-order valence-corrected chi connectivity index (χ3v) is 5.37. The molecule has 0 bridgehead atoms. The number of piperazine rings is 1. The summed E-state index contributed by atoms with van der Waals surface area (Å²) in [7, 11) is -3.45. The zero-order valence-electron chi connectivity index (χ0n) is 14.6. The van der Waals surface area contributed by atoms with Crippen LogP contribution in [0, 0.1) is 0 Å². The van der Waals surface area contributed by atoms with Crippen LogP contribution in [0.25, 0.3) is 0 Å². The molecule has 0 N–H and O–H groups in total. The van der Waals surface area contributed by atoms with Crippen molar-refractivity contribution in [1.82, 2.24) is 19.2 Å². The molecule has 1 aromatic rings. The monoisotopic (exact) mass is 355 g/mol. The fourth-order valence-corrected chi connectivity index (χ4v) is 4.03. The van der Waals surface area contributed by atoms with E-state index in [0.717, 1.165) is 6.26 Å². The van der Waals surface area contributed by atoms with E-state index in [1.54, 1.807) is 44.1 Å². The highest BCUT2D eigenvalue weighted by atomic mass is 32.2. The molecule has 2 heterocycles. The van der Waals surface area contributed by atoms with E-state index >= 15 is 0 Å². The lowest BCUT2D eigenvalue weighted by Crippen LogP contribution is -2.54. The van der Waals surface area contributed by atoms with Crippen molar-refractivity contribution >= 4 is 21.9 Å². The molecule has 0 radical (unpaired) electrons. The normalized spacial score (nSPS) is 16.5. The zero-order chi connectivity index (χ0) is 18.0. The largest absolute Gasteiger partial charge is 0.338 e. The Labute approximate surface area is 143 Å². The van der Waals surface area contributed by atoms with Crippen LogP contribution in [0.1, 0.15) is 20.8 Å². The lowest BCUT2D eigenvalue weighted by molar-refractivity contribution is -0.132. The van der Waals surface area contributed by atoms with Gasteiger partial charge in [0.05, 0.1) is 12.8 Å². The summed E-state index contributed by atoms with van der Waals surface area (Å²) >= 11 is 0. The second-order valence-corrected chi connectivity index (χ2v) is 8.76. The maximum atomic E-state index is 12.5. The molecule has 1 aliphatic heterocycles. The van der Waals surface area contributed by atoms with Crippen LogP contribution >= 0.6 is 0 Å². The molecule has 1 fully saturated rings. The number of rotatable bonds is 4. The number of anilines is 1. The van der Waals surface area contributed by atoms with E-state index in [1.165, 1.54) is 4.31 Å². The number of hydrogen-bond donors (Lipinski definition) is 0. The van der Waals surface area contributed by atoms with E-state index in [9.17, 15) is 13.2 Å². The van der Waals surface area contributed by atoms with Crippen molar-refractivity contribution in [3.8, 4) is 0 Å². The van der Waals surface area contributed by atoms with E-state index in [1.807, 2.05) is 4.90 Å². The van der Waals surface area contributed by atoms with Gasteiger partial charge in [-0.05, 0) is 26.8 Å². The van der Waals surface area contributed by atoms with Gasteiger partial charge in [-0.1, -0.05) is 0 Å². The number of amides is 1. The molecular weight excluding hydrogens is 330 g/mol. The molecule has 134 valence electrons. The maximum Gasteiger partial charge on any atom is 0.238 e. The van der Waals surface area contributed by atoms with E-state index in [2.05, 4.69) is 9.97 Å². The summed E-state index contributed by atoms with van der Waals surface area (Å²) in [5.41, 5.74) is -0.636. The average molecular weight is 355 g/mol. The van der Waals surface area contributed by atoms with Gasteiger partial charge in [-0.15, -0.1) is 0 Å². The van der Waals surface area contributed by atoms with E-state index in [0.29, 0.717) is 32.1 Å². The van der Waals surface area contributed by atoms with Gasteiger partial charge >= 0.3 is 0 Å². The van der Waals surface area contributed by atoms with Crippen LogP contribution in [-0.2, 0) is 14.8 Å². The zero-order valence-corrected chi connectivity index (χ0v) is 15.5. The summed E-state index contributed by atoms with van der Waals surface area (Å²) in [5, 5.41) is 0. The average Bonchev–Trinajstić information content (AvgIpc) is 2.51. The fraction of sp³-hybridized carbons (Fsp3) is 0.667. The van der Waals surface area contributed by atoms with Crippen molar-refractivity contribution in [2.45, 2.75) is 26.3 Å². The highest BCUT2D eigenvalue weighted by Gasteiger charge is 2.33. The number of aromatic nitrogens is 2. The Bertz CT molecular complexity index is 664. The summed E-state index contributed by atoms with van der Waals surface area (Å²) in [5.74, 6) is 0.473. The van der Waals surface area contributed by atoms with Crippen molar-refractivity contribution in [2.24, 2.45) is 0 Å². The van der Waals surface area contributed by atoms with Crippen LogP contribution in [0.2, 0.25) is 0 Å². The lowest BCUT2D eigenvalue weighted by atomic mass is 10.1. The highest BCUT2D eigenvalue weighted by molar-refractivity contribution is 7.88. The molecule has 1 amide bonds. The standard InChI is InChI=1S/C15H25N5O3S/c1-15(2,3)20(24(4,22)23)12-13(21)18-8-10-19(11-9-18)14-16-6-5-7-17-14/h5-7H,8-12H2,1-4H3. The van der Waals surface area contributed by atoms with Crippen LogP contribution in [-0.4, -0.2) is 78.0 Å². The minimum absolute atomic E-state index is 0.135. The first-order valence-corrected chi connectivity index (χ1v) is 9.71. The summed E-state index contributed by atoms with van der Waals surface area (Å²) in [4.78, 5) is 24.6. The van der Waals surface area contributed by atoms with Gasteiger partial charge < -0.3 is 9.80 Å². The molecule has 9 heteroatoms. The van der Waals surface area contributed by atoms with Crippen molar-refractivity contribution in [1.29, 1.82) is 0 Å². The first kappa shape index (κ1) is 18.6. The molecule has 24 heavy (non-hydrogen) atoms. The molecule has 1 saturated heterocycles. The highest BCUT2D eigenvalue weighted by Crippen LogP contribution is 2.18. The van der Waals surface area contributed by atoms with Crippen molar-refractivity contribution in [3.63, 3.8) is 0 Å². The van der Waals surface area contributed by atoms with Crippen LogP contribution < -0.4 is 4.90 Å². The Hall–Kier alpha value is -1.74. The second kappa shape index (κ2) is 7.02. The number of carbonyl (C=O) groups is 1. The summed E-state index contributed by atoms with van der Waals surface area (Å²) in [6.07, 6.45) is 4.51. The molecular formula is C15H25N5O3S. The van der Waals surface area contributed by atoms with Gasteiger partial charge in [0.25, 0.3) is 0 Å². The minimum Gasteiger partial charge on any atom is -0.338 e. The lowest BCUT2D eigenvalue weighted by Gasteiger charge is -2.38. The third-order valence-electron chi connectivity index (χ3n) is 3.89. The quantitative estimate of drug-likeness (QED) is 0.766. The van der Waals surface area contributed by atoms with Crippen LogP contribution in [0.3, 0.4) is 0 Å². The van der Waals surface area contributed by atoms with Gasteiger partial charge in [-0.25, -0.2) is 18.4 Å². The fourth-order valence-electron chi connectivity index (χ4n) is 2.69.